The molecule has 20 heavy (non-hydrogen) atoms. The Labute approximate surface area is 115 Å². The second kappa shape index (κ2) is 5.30. The Bertz CT molecular complexity index is 718. The normalized spacial score (nSPS) is 11.1. The molecule has 0 unspecified atom stereocenters. The molecule has 3 aromatic rings. The number of fused-ring (bicyclic) bond motifs is 1. The summed E-state index contributed by atoms with van der Waals surface area (Å²) in [5.41, 5.74) is 2.50. The number of nitrogens with one attached hydrogen (secondary N) is 1. The third-order valence-electron chi connectivity index (χ3n) is 3.03. The van der Waals surface area contributed by atoms with Crippen LogP contribution in [0.1, 0.15) is 6.42 Å². The number of aromatic nitrogens is 5. The van der Waals surface area contributed by atoms with Crippen molar-refractivity contribution in [1.82, 2.24) is 25.0 Å². The van der Waals surface area contributed by atoms with Crippen LogP contribution in [0.15, 0.2) is 24.7 Å². The van der Waals surface area contributed by atoms with Crippen LogP contribution in [0.2, 0.25) is 0 Å². The van der Waals surface area contributed by atoms with Gasteiger partial charge in [0.2, 0.25) is 5.88 Å². The molecular formula is C13H15N5O2. The quantitative estimate of drug-likeness (QED) is 0.680. The van der Waals surface area contributed by atoms with Crippen LogP contribution >= 0.6 is 0 Å². The smallest absolute Gasteiger partial charge is 0.221 e. The molecule has 0 aliphatic rings. The van der Waals surface area contributed by atoms with Gasteiger partial charge in [-0.1, -0.05) is 0 Å². The summed E-state index contributed by atoms with van der Waals surface area (Å²) in [6, 6.07) is 1.94. The predicted octanol–water partition coefficient (Wildman–Crippen LogP) is 1.12. The molecule has 0 atom stereocenters. The van der Waals surface area contributed by atoms with Crippen LogP contribution in [-0.4, -0.2) is 43.3 Å². The van der Waals surface area contributed by atoms with Crippen molar-refractivity contribution in [3.05, 3.63) is 24.7 Å². The number of hydrogen-bond acceptors (Lipinski definition) is 5. The van der Waals surface area contributed by atoms with Gasteiger partial charge < -0.3 is 9.84 Å². The van der Waals surface area contributed by atoms with E-state index in [0.717, 1.165) is 22.2 Å². The average Bonchev–Trinajstić information content (AvgIpc) is 3.05. The molecule has 7 nitrogen and oxygen atoms in total. The first-order valence-corrected chi connectivity index (χ1v) is 6.35. The number of nitrogens with zero attached hydrogens (tertiary/aromatic N) is 4. The second-order valence-corrected chi connectivity index (χ2v) is 4.44. The zero-order valence-corrected chi connectivity index (χ0v) is 11.1. The Morgan fingerprint density at radius 2 is 2.25 bits per heavy atom. The molecule has 0 bridgehead atoms. The molecule has 0 amide bonds. The summed E-state index contributed by atoms with van der Waals surface area (Å²) in [7, 11) is 1.81. The third-order valence-corrected chi connectivity index (χ3v) is 3.03. The first-order valence-electron chi connectivity index (χ1n) is 6.35. The number of hydrogen-bond donors (Lipinski definition) is 2. The molecule has 0 radical (unpaired) electrons. The molecule has 0 aromatic carbocycles. The van der Waals surface area contributed by atoms with E-state index in [2.05, 4.69) is 20.3 Å². The zero-order chi connectivity index (χ0) is 13.9. The first kappa shape index (κ1) is 12.6. The van der Waals surface area contributed by atoms with E-state index < -0.39 is 0 Å². The molecule has 0 spiro atoms. The Kier molecular flexibility index (Phi) is 3.34. The van der Waals surface area contributed by atoms with Gasteiger partial charge in [-0.2, -0.15) is 10.2 Å². The highest BCUT2D eigenvalue weighted by Crippen LogP contribution is 2.29. The highest BCUT2D eigenvalue weighted by molar-refractivity contribution is 5.82. The van der Waals surface area contributed by atoms with Crippen molar-refractivity contribution in [2.45, 2.75) is 6.42 Å². The Balaban J connectivity index is 1.96. The lowest BCUT2D eigenvalue weighted by Gasteiger charge is -2.08. The molecular weight excluding hydrogens is 258 g/mol. The van der Waals surface area contributed by atoms with Crippen molar-refractivity contribution >= 4 is 10.9 Å². The van der Waals surface area contributed by atoms with Crippen LogP contribution in [0.5, 0.6) is 5.88 Å². The van der Waals surface area contributed by atoms with Crippen molar-refractivity contribution < 1.29 is 9.84 Å². The molecule has 7 heteroatoms. The number of ether oxygens (including phenoxy) is 1. The summed E-state index contributed by atoms with van der Waals surface area (Å²) < 4.78 is 7.33. The standard InChI is InChI=1S/C13H15N5O2/c1-18-13(20-4-2-3-19)10(7-16-18)11-5-9-6-15-17-12(9)8-14-11/h5-8,19H,2-4H2,1H3,(H,15,17). The molecule has 0 saturated carbocycles. The Morgan fingerprint density at radius 3 is 3.10 bits per heavy atom. The fourth-order valence-corrected chi connectivity index (χ4v) is 2.00. The fourth-order valence-electron chi connectivity index (χ4n) is 2.00. The lowest BCUT2D eigenvalue weighted by atomic mass is 10.2. The van der Waals surface area contributed by atoms with Crippen LogP contribution in [-0.2, 0) is 7.05 Å². The zero-order valence-electron chi connectivity index (χ0n) is 11.1. The lowest BCUT2D eigenvalue weighted by Crippen LogP contribution is -2.04. The van der Waals surface area contributed by atoms with Crippen molar-refractivity contribution in [3.8, 4) is 17.1 Å². The summed E-state index contributed by atoms with van der Waals surface area (Å²) in [6.45, 7) is 0.545. The highest BCUT2D eigenvalue weighted by Gasteiger charge is 2.14. The van der Waals surface area contributed by atoms with Crippen LogP contribution < -0.4 is 4.74 Å². The number of aliphatic hydroxyl groups is 1. The van der Waals surface area contributed by atoms with Gasteiger partial charge in [-0.25, -0.2) is 4.68 Å². The van der Waals surface area contributed by atoms with E-state index in [1.807, 2.05) is 13.1 Å². The summed E-state index contributed by atoms with van der Waals surface area (Å²) >= 11 is 0. The second-order valence-electron chi connectivity index (χ2n) is 4.44. The number of rotatable bonds is 5. The van der Waals surface area contributed by atoms with Crippen molar-refractivity contribution in [2.75, 3.05) is 13.2 Å². The Morgan fingerprint density at radius 1 is 1.35 bits per heavy atom. The maximum absolute atomic E-state index is 8.82. The van der Waals surface area contributed by atoms with Crippen molar-refractivity contribution in [2.24, 2.45) is 7.05 Å². The topological polar surface area (TPSA) is 88.9 Å². The minimum absolute atomic E-state index is 0.104. The first-order chi connectivity index (χ1) is 9.79. The van der Waals surface area contributed by atoms with E-state index in [-0.39, 0.29) is 6.61 Å². The van der Waals surface area contributed by atoms with E-state index in [1.54, 1.807) is 23.3 Å². The molecule has 3 aromatic heterocycles. The summed E-state index contributed by atoms with van der Waals surface area (Å²) in [4.78, 5) is 4.40. The summed E-state index contributed by atoms with van der Waals surface area (Å²) in [5.74, 6) is 0.647. The molecule has 0 saturated heterocycles. The molecule has 0 aliphatic heterocycles. The SMILES string of the molecule is Cn1ncc(-c2cc3cn[nH]c3cn2)c1OCCCO. The molecule has 0 aliphatic carbocycles. The van der Waals surface area contributed by atoms with Crippen molar-refractivity contribution in [1.29, 1.82) is 0 Å². The van der Waals surface area contributed by atoms with Crippen LogP contribution in [0.25, 0.3) is 22.2 Å². The Hall–Kier alpha value is -2.41. The molecule has 2 N–H and O–H groups in total. The van der Waals surface area contributed by atoms with E-state index in [9.17, 15) is 0 Å². The highest BCUT2D eigenvalue weighted by atomic mass is 16.5. The largest absolute Gasteiger partial charge is 0.477 e. The van der Waals surface area contributed by atoms with Gasteiger partial charge in [0.25, 0.3) is 0 Å². The van der Waals surface area contributed by atoms with Gasteiger partial charge in [0.1, 0.15) is 0 Å². The minimum Gasteiger partial charge on any atom is -0.477 e. The van der Waals surface area contributed by atoms with Crippen LogP contribution in [0, 0.1) is 0 Å². The van der Waals surface area contributed by atoms with Gasteiger partial charge in [0.05, 0.1) is 42.0 Å². The van der Waals surface area contributed by atoms with Gasteiger partial charge in [-0.3, -0.25) is 10.1 Å². The van der Waals surface area contributed by atoms with Crippen LogP contribution in [0.4, 0.5) is 0 Å². The predicted molar refractivity (Wildman–Crippen MR) is 73.3 cm³/mol. The average molecular weight is 273 g/mol. The number of pyridine rings is 1. The number of aliphatic hydroxyl groups excluding tert-OH is 1. The maximum Gasteiger partial charge on any atom is 0.221 e. The van der Waals surface area contributed by atoms with Gasteiger partial charge in [-0.05, 0) is 6.07 Å². The maximum atomic E-state index is 8.82. The number of aryl methyl sites for hydroxylation is 1. The summed E-state index contributed by atoms with van der Waals surface area (Å²) in [5, 5.41) is 20.9. The van der Waals surface area contributed by atoms with E-state index >= 15 is 0 Å². The molecule has 0 fully saturated rings. The van der Waals surface area contributed by atoms with Gasteiger partial charge in [-0.15, -0.1) is 0 Å². The monoisotopic (exact) mass is 273 g/mol. The van der Waals surface area contributed by atoms with Gasteiger partial charge >= 0.3 is 0 Å². The van der Waals surface area contributed by atoms with Crippen molar-refractivity contribution in [3.63, 3.8) is 0 Å². The van der Waals surface area contributed by atoms with E-state index in [0.29, 0.717) is 18.9 Å². The number of aromatic amines is 1. The lowest BCUT2D eigenvalue weighted by molar-refractivity contribution is 0.224. The molecule has 104 valence electrons. The molecule has 3 rings (SSSR count). The fraction of sp³-hybridized carbons (Fsp3) is 0.308. The number of H-pyrrole nitrogens is 1. The van der Waals surface area contributed by atoms with Crippen LogP contribution in [0.3, 0.4) is 0 Å². The van der Waals surface area contributed by atoms with Gasteiger partial charge in [0, 0.05) is 25.5 Å². The summed E-state index contributed by atoms with van der Waals surface area (Å²) in [6.07, 6.45) is 5.80. The van der Waals surface area contributed by atoms with Gasteiger partial charge in [0.15, 0.2) is 0 Å². The van der Waals surface area contributed by atoms with E-state index in [1.165, 1.54) is 0 Å². The minimum atomic E-state index is 0.104. The third kappa shape index (κ3) is 2.23. The molecule has 3 heterocycles. The van der Waals surface area contributed by atoms with E-state index in [4.69, 9.17) is 9.84 Å².